The zero-order valence-corrected chi connectivity index (χ0v) is 29.0. The van der Waals surface area contributed by atoms with E-state index in [9.17, 15) is 0 Å². The van der Waals surface area contributed by atoms with Gasteiger partial charge in [0, 0.05) is 61.2 Å². The van der Waals surface area contributed by atoms with Gasteiger partial charge in [-0.2, -0.15) is 0 Å². The normalized spacial score (nSPS) is 10.8. The van der Waals surface area contributed by atoms with Crippen LogP contribution in [0.25, 0.3) is 77.5 Å². The molecular formula is C44H29IrN3O-2. The Balaban J connectivity index is 0.000000246. The average Bonchev–Trinajstić information content (AvgIpc) is 3.54. The Bertz CT molecular complexity index is 2470. The topological polar surface area (TPSA) is 51.8 Å². The summed E-state index contributed by atoms with van der Waals surface area (Å²) >= 11 is 0. The van der Waals surface area contributed by atoms with E-state index in [1.165, 1.54) is 5.56 Å². The second kappa shape index (κ2) is 14.2. The molecule has 5 aromatic carbocycles. The van der Waals surface area contributed by atoms with E-state index in [4.69, 9.17) is 9.40 Å². The van der Waals surface area contributed by atoms with Gasteiger partial charge in [-0.3, -0.25) is 4.98 Å². The van der Waals surface area contributed by atoms with Crippen LogP contribution in [0.15, 0.2) is 163 Å². The van der Waals surface area contributed by atoms with Crippen molar-refractivity contribution >= 4 is 32.7 Å². The van der Waals surface area contributed by atoms with Crippen LogP contribution < -0.4 is 0 Å². The van der Waals surface area contributed by atoms with Crippen molar-refractivity contribution in [2.75, 3.05) is 0 Å². The van der Waals surface area contributed by atoms with Crippen molar-refractivity contribution in [2.45, 2.75) is 6.92 Å². The Morgan fingerprint density at radius 3 is 2.24 bits per heavy atom. The first-order valence-electron chi connectivity index (χ1n) is 15.8. The molecular weight excluding hydrogens is 779 g/mol. The summed E-state index contributed by atoms with van der Waals surface area (Å²) in [5.74, 6) is 0. The van der Waals surface area contributed by atoms with E-state index in [-0.39, 0.29) is 20.1 Å². The van der Waals surface area contributed by atoms with Gasteiger partial charge in [-0.05, 0) is 76.3 Å². The molecule has 0 atom stereocenters. The van der Waals surface area contributed by atoms with E-state index >= 15 is 0 Å². The maximum absolute atomic E-state index is 6.68. The van der Waals surface area contributed by atoms with Crippen molar-refractivity contribution < 1.29 is 24.5 Å². The molecule has 0 bridgehead atoms. The van der Waals surface area contributed by atoms with Crippen molar-refractivity contribution in [2.24, 2.45) is 0 Å². The van der Waals surface area contributed by atoms with Gasteiger partial charge in [0.1, 0.15) is 5.58 Å². The summed E-state index contributed by atoms with van der Waals surface area (Å²) in [7, 11) is 0. The maximum Gasteiger partial charge on any atom is 0.128 e. The predicted octanol–water partition coefficient (Wildman–Crippen LogP) is 11.2. The number of hydrogen-bond donors (Lipinski definition) is 0. The van der Waals surface area contributed by atoms with E-state index in [1.54, 1.807) is 6.20 Å². The van der Waals surface area contributed by atoms with Crippen LogP contribution in [-0.2, 0) is 20.1 Å². The van der Waals surface area contributed by atoms with Crippen molar-refractivity contribution in [1.29, 1.82) is 0 Å². The number of aryl methyl sites for hydroxylation is 1. The third-order valence-corrected chi connectivity index (χ3v) is 8.42. The van der Waals surface area contributed by atoms with Crippen molar-refractivity contribution in [3.63, 3.8) is 0 Å². The summed E-state index contributed by atoms with van der Waals surface area (Å²) in [6, 6.07) is 51.6. The van der Waals surface area contributed by atoms with Crippen molar-refractivity contribution in [1.82, 2.24) is 15.0 Å². The summed E-state index contributed by atoms with van der Waals surface area (Å²) in [6.45, 7) is 2.13. The van der Waals surface area contributed by atoms with Gasteiger partial charge in [0.2, 0.25) is 0 Å². The standard InChI is InChI=1S/C33H21N2O.C11H8N.Ir/c1-21-17-28(25-10-5-9-23-13-15-34-20-30(23)25)33-29(18-21)26-11-6-12-27(32(26)36-33)31-19-24(14-16-35-31)22-7-3-2-4-8-22;1-2-6-10(7-3-1)11-8-4-5-9-12-11;/h2-11,13-20H,1H3;1-6,8-9H;/q2*-1;. The second-order valence-electron chi connectivity index (χ2n) is 11.6. The number of benzene rings is 5. The van der Waals surface area contributed by atoms with Crippen molar-refractivity contribution in [3.8, 4) is 44.8 Å². The Hall–Kier alpha value is -5.74. The van der Waals surface area contributed by atoms with Crippen molar-refractivity contribution in [3.05, 3.63) is 176 Å². The first-order valence-corrected chi connectivity index (χ1v) is 15.8. The molecule has 0 saturated carbocycles. The molecule has 237 valence electrons. The molecule has 0 unspecified atom stereocenters. The molecule has 0 fully saturated rings. The number of furan rings is 1. The van der Waals surface area contributed by atoms with Crippen LogP contribution in [-0.4, -0.2) is 15.0 Å². The molecule has 0 spiro atoms. The van der Waals surface area contributed by atoms with E-state index in [0.29, 0.717) is 0 Å². The van der Waals surface area contributed by atoms with Crippen LogP contribution >= 0.6 is 0 Å². The summed E-state index contributed by atoms with van der Waals surface area (Å²) in [4.78, 5) is 13.3. The van der Waals surface area contributed by atoms with E-state index in [1.807, 2.05) is 97.5 Å². The molecule has 9 rings (SSSR count). The molecule has 4 aromatic heterocycles. The minimum atomic E-state index is 0. The van der Waals surface area contributed by atoms with E-state index in [0.717, 1.165) is 77.5 Å². The smallest absolute Gasteiger partial charge is 0.128 e. The van der Waals surface area contributed by atoms with Gasteiger partial charge in [-0.25, -0.2) is 0 Å². The van der Waals surface area contributed by atoms with Gasteiger partial charge in [0.05, 0.1) is 5.58 Å². The average molecular weight is 808 g/mol. The largest absolute Gasteiger partial charge is 0.500 e. The molecule has 49 heavy (non-hydrogen) atoms. The second-order valence-corrected chi connectivity index (χ2v) is 11.6. The van der Waals surface area contributed by atoms with Crippen LogP contribution in [0.2, 0.25) is 0 Å². The molecule has 9 aromatic rings. The molecule has 0 aliphatic carbocycles. The zero-order chi connectivity index (χ0) is 32.3. The SMILES string of the molecule is Cc1cc(-c2cccc3ccncc23)c2oc3c(-c4cc(-c5ccccc5)ccn4)[c-]ccc3c2c1.[Ir].[c-]1ccccc1-c1ccccn1. The zero-order valence-electron chi connectivity index (χ0n) is 26.6. The van der Waals surface area contributed by atoms with Gasteiger partial charge in [0.15, 0.2) is 0 Å². The molecule has 0 amide bonds. The Morgan fingerprint density at radius 1 is 0.551 bits per heavy atom. The number of nitrogens with zero attached hydrogens (tertiary/aromatic N) is 3. The molecule has 4 heterocycles. The van der Waals surface area contributed by atoms with E-state index < -0.39 is 0 Å². The maximum atomic E-state index is 6.68. The summed E-state index contributed by atoms with van der Waals surface area (Å²) < 4.78 is 6.68. The minimum Gasteiger partial charge on any atom is -0.500 e. The molecule has 5 heteroatoms. The first kappa shape index (κ1) is 31.8. The molecule has 0 N–H and O–H groups in total. The number of aromatic nitrogens is 3. The number of fused-ring (bicyclic) bond motifs is 4. The van der Waals surface area contributed by atoms with Crippen LogP contribution in [0, 0.1) is 19.1 Å². The molecule has 0 aliphatic heterocycles. The fourth-order valence-corrected chi connectivity index (χ4v) is 6.18. The van der Waals surface area contributed by atoms with Gasteiger partial charge in [0.25, 0.3) is 0 Å². The Kier molecular flexibility index (Phi) is 9.21. The van der Waals surface area contributed by atoms with Crippen LogP contribution in [0.4, 0.5) is 0 Å². The summed E-state index contributed by atoms with van der Waals surface area (Å²) in [5.41, 5.74) is 11.0. The Labute approximate surface area is 298 Å². The van der Waals surface area contributed by atoms with Crippen LogP contribution in [0.5, 0.6) is 0 Å². The summed E-state index contributed by atoms with van der Waals surface area (Å²) in [5, 5.41) is 4.42. The quantitative estimate of drug-likeness (QED) is 0.166. The van der Waals surface area contributed by atoms with E-state index in [2.05, 4.69) is 83.6 Å². The molecule has 0 aliphatic rings. The fourth-order valence-electron chi connectivity index (χ4n) is 6.18. The minimum absolute atomic E-state index is 0. The number of pyridine rings is 3. The fraction of sp³-hybridized carbons (Fsp3) is 0.0227. The number of rotatable bonds is 4. The summed E-state index contributed by atoms with van der Waals surface area (Å²) in [6.07, 6.45) is 7.40. The molecule has 1 radical (unpaired) electrons. The van der Waals surface area contributed by atoms with Gasteiger partial charge >= 0.3 is 0 Å². The third-order valence-electron chi connectivity index (χ3n) is 8.42. The van der Waals surface area contributed by atoms with Gasteiger partial charge in [-0.1, -0.05) is 77.7 Å². The number of hydrogen-bond acceptors (Lipinski definition) is 4. The van der Waals surface area contributed by atoms with Gasteiger partial charge < -0.3 is 14.4 Å². The Morgan fingerprint density at radius 2 is 1.41 bits per heavy atom. The van der Waals surface area contributed by atoms with Crippen LogP contribution in [0.3, 0.4) is 0 Å². The monoisotopic (exact) mass is 808 g/mol. The predicted molar refractivity (Wildman–Crippen MR) is 195 cm³/mol. The molecule has 4 nitrogen and oxygen atoms in total. The third kappa shape index (κ3) is 6.42. The van der Waals surface area contributed by atoms with Gasteiger partial charge in [-0.15, -0.1) is 54.1 Å². The van der Waals surface area contributed by atoms with Crippen LogP contribution in [0.1, 0.15) is 5.56 Å². The first-order chi connectivity index (χ1) is 23.7. The molecule has 0 saturated heterocycles.